The third-order valence-electron chi connectivity index (χ3n) is 8.70. The van der Waals surface area contributed by atoms with Crippen LogP contribution in [-0.2, 0) is 31.1 Å². The van der Waals surface area contributed by atoms with E-state index in [1.165, 1.54) is 29.9 Å². The van der Waals surface area contributed by atoms with Gasteiger partial charge in [-0.25, -0.2) is 0 Å². The molecule has 6 rings (SSSR count). The number of aryl methyl sites for hydroxylation is 2. The number of anilines is 1. The Kier molecular flexibility index (Phi) is 11.3. The van der Waals surface area contributed by atoms with Crippen molar-refractivity contribution in [3.8, 4) is 0 Å². The zero-order valence-corrected chi connectivity index (χ0v) is 26.5. The number of amides is 1. The number of likely N-dealkylation sites (tertiary alicyclic amines) is 1. The number of piperidine rings is 1. The molecular formula is C34H43F3N6O2. The highest BCUT2D eigenvalue weighted by atomic mass is 19.4. The summed E-state index contributed by atoms with van der Waals surface area (Å²) in [6, 6.07) is 10.6. The second-order valence-corrected chi connectivity index (χ2v) is 12.2. The Bertz CT molecular complexity index is 1470. The van der Waals surface area contributed by atoms with Gasteiger partial charge in [0.05, 0.1) is 12.1 Å². The molecule has 2 fully saturated rings. The Morgan fingerprint density at radius 1 is 1.13 bits per heavy atom. The van der Waals surface area contributed by atoms with Gasteiger partial charge in [0.1, 0.15) is 18.4 Å². The fraction of sp³-hybridized carbons (Fsp3) is 0.471. The van der Waals surface area contributed by atoms with Gasteiger partial charge in [0.25, 0.3) is 5.91 Å². The molecule has 3 heterocycles. The van der Waals surface area contributed by atoms with Crippen LogP contribution in [-0.4, -0.2) is 58.0 Å². The second kappa shape index (κ2) is 15.0. The molecule has 2 aliphatic heterocycles. The zero-order valence-electron chi connectivity index (χ0n) is 26.5. The lowest BCUT2D eigenvalue weighted by Gasteiger charge is -2.32. The summed E-state index contributed by atoms with van der Waals surface area (Å²) < 4.78 is 43.6. The molecule has 1 amide bonds. The minimum atomic E-state index is -4.50. The van der Waals surface area contributed by atoms with Gasteiger partial charge in [0, 0.05) is 36.8 Å². The Morgan fingerprint density at radius 3 is 2.36 bits per heavy atom. The number of nitrogens with zero attached hydrogens (tertiary/aromatic N) is 5. The Hall–Kier alpha value is -3.83. The highest BCUT2D eigenvalue weighted by Crippen LogP contribution is 2.41. The number of aromatic nitrogens is 3. The molecule has 1 saturated heterocycles. The summed E-state index contributed by atoms with van der Waals surface area (Å²) in [6.07, 6.45) is 3.61. The molecular weight excluding hydrogens is 581 g/mol. The van der Waals surface area contributed by atoms with E-state index in [1.807, 2.05) is 43.8 Å². The minimum Gasteiger partial charge on any atom is -0.320 e. The maximum absolute atomic E-state index is 13.9. The quantitative estimate of drug-likeness (QED) is 0.265. The molecule has 3 aromatic rings. The Balaban J connectivity index is 0.000000252. The summed E-state index contributed by atoms with van der Waals surface area (Å²) in [4.78, 5) is 25.7. The number of rotatable bonds is 6. The molecule has 1 saturated carbocycles. The SMILES string of the molecule is C=CC=O.CC1CC(c2nncn2C)C1.CNC1CCN(Cc2cc3c(c(C(F)(F)F)c2)CN(c2cccc(C)c2)C3=O)CC1. The number of nitrogens with one attached hydrogen (secondary N) is 1. The van der Waals surface area contributed by atoms with E-state index in [0.717, 1.165) is 43.2 Å². The minimum absolute atomic E-state index is 0.0553. The smallest absolute Gasteiger partial charge is 0.320 e. The number of alkyl halides is 3. The molecule has 0 bridgehead atoms. The van der Waals surface area contributed by atoms with Crippen molar-refractivity contribution >= 4 is 17.9 Å². The van der Waals surface area contributed by atoms with Crippen molar-refractivity contribution in [2.24, 2.45) is 13.0 Å². The number of aldehydes is 1. The average molecular weight is 625 g/mol. The van der Waals surface area contributed by atoms with E-state index in [-0.39, 0.29) is 23.6 Å². The summed E-state index contributed by atoms with van der Waals surface area (Å²) >= 11 is 0. The fourth-order valence-corrected chi connectivity index (χ4v) is 6.23. The molecule has 0 unspecified atom stereocenters. The van der Waals surface area contributed by atoms with Gasteiger partial charge in [-0.15, -0.1) is 10.2 Å². The van der Waals surface area contributed by atoms with Crippen LogP contribution >= 0.6 is 0 Å². The summed E-state index contributed by atoms with van der Waals surface area (Å²) in [5.41, 5.74) is 1.68. The van der Waals surface area contributed by atoms with Crippen molar-refractivity contribution in [2.75, 3.05) is 25.0 Å². The van der Waals surface area contributed by atoms with Crippen molar-refractivity contribution in [3.05, 3.63) is 89.0 Å². The van der Waals surface area contributed by atoms with E-state index in [0.29, 0.717) is 36.0 Å². The molecule has 2 aromatic carbocycles. The molecule has 1 aromatic heterocycles. The monoisotopic (exact) mass is 624 g/mol. The van der Waals surface area contributed by atoms with E-state index in [4.69, 9.17) is 4.79 Å². The van der Waals surface area contributed by atoms with Crippen LogP contribution in [0.15, 0.2) is 55.4 Å². The number of hydrogen-bond donors (Lipinski definition) is 1. The highest BCUT2D eigenvalue weighted by Gasteiger charge is 2.40. The number of allylic oxidation sites excluding steroid dienone is 1. The van der Waals surface area contributed by atoms with Crippen molar-refractivity contribution in [3.63, 3.8) is 0 Å². The topological polar surface area (TPSA) is 83.4 Å². The predicted molar refractivity (Wildman–Crippen MR) is 169 cm³/mol. The molecule has 0 atom stereocenters. The lowest BCUT2D eigenvalue weighted by Crippen LogP contribution is -2.40. The normalized spacial score (nSPS) is 19.9. The molecule has 0 radical (unpaired) electrons. The van der Waals surface area contributed by atoms with Gasteiger partial charge in [-0.05, 0) is 106 Å². The number of benzene rings is 2. The van der Waals surface area contributed by atoms with Crippen LogP contribution in [0.2, 0.25) is 0 Å². The van der Waals surface area contributed by atoms with Gasteiger partial charge in [0.15, 0.2) is 0 Å². The largest absolute Gasteiger partial charge is 0.416 e. The molecule has 3 aliphatic rings. The van der Waals surface area contributed by atoms with Crippen molar-refractivity contribution in [1.29, 1.82) is 0 Å². The van der Waals surface area contributed by atoms with E-state index in [9.17, 15) is 18.0 Å². The van der Waals surface area contributed by atoms with Gasteiger partial charge in [-0.1, -0.05) is 25.6 Å². The lowest BCUT2D eigenvalue weighted by atomic mass is 9.76. The van der Waals surface area contributed by atoms with Gasteiger partial charge < -0.3 is 14.8 Å². The van der Waals surface area contributed by atoms with Crippen LogP contribution in [0.25, 0.3) is 0 Å². The summed E-state index contributed by atoms with van der Waals surface area (Å²) in [5, 5.41) is 11.2. The highest BCUT2D eigenvalue weighted by molar-refractivity contribution is 6.10. The molecule has 1 aliphatic carbocycles. The first-order valence-electron chi connectivity index (χ1n) is 15.4. The molecule has 242 valence electrons. The van der Waals surface area contributed by atoms with E-state index in [2.05, 4.69) is 33.9 Å². The predicted octanol–water partition coefficient (Wildman–Crippen LogP) is 6.06. The lowest BCUT2D eigenvalue weighted by molar-refractivity contribution is -0.138. The second-order valence-electron chi connectivity index (χ2n) is 12.2. The van der Waals surface area contributed by atoms with E-state index in [1.54, 1.807) is 18.5 Å². The molecule has 11 heteroatoms. The average Bonchev–Trinajstić information content (AvgIpc) is 3.58. The maximum Gasteiger partial charge on any atom is 0.416 e. The summed E-state index contributed by atoms with van der Waals surface area (Å²) in [5.74, 6) is 2.36. The molecule has 0 spiro atoms. The third kappa shape index (κ3) is 8.46. The third-order valence-corrected chi connectivity index (χ3v) is 8.70. The Labute approximate surface area is 263 Å². The van der Waals surface area contributed by atoms with E-state index < -0.39 is 11.7 Å². The number of fused-ring (bicyclic) bond motifs is 1. The number of hydrogen-bond acceptors (Lipinski definition) is 6. The standard InChI is InChI=1S/C23H26F3N3O.C8H13N3.C3H4O/c1-15-4-3-5-18(10-15)29-14-20-19(22(29)30)11-16(12-21(20)23(24,25)26)13-28-8-6-17(27-2)7-9-28;1-6-3-7(4-6)8-10-9-5-11(8)2;1-2-3-4/h3-5,10-12,17,27H,6-9,13-14H2,1-2H3;5-7H,3-4H2,1-2H3;2-3H,1H2. The van der Waals surface area contributed by atoms with E-state index >= 15 is 0 Å². The van der Waals surface area contributed by atoms with Crippen molar-refractivity contribution in [2.45, 2.75) is 70.8 Å². The summed E-state index contributed by atoms with van der Waals surface area (Å²) in [6.45, 7) is 9.31. The molecule has 1 N–H and O–H groups in total. The summed E-state index contributed by atoms with van der Waals surface area (Å²) in [7, 11) is 3.94. The number of halogens is 3. The zero-order chi connectivity index (χ0) is 32.7. The van der Waals surface area contributed by atoms with Crippen LogP contribution in [0.1, 0.15) is 77.0 Å². The van der Waals surface area contributed by atoms with Crippen LogP contribution in [0.3, 0.4) is 0 Å². The van der Waals surface area contributed by atoms with Crippen LogP contribution in [0.4, 0.5) is 18.9 Å². The van der Waals surface area contributed by atoms with Crippen LogP contribution < -0.4 is 10.2 Å². The fourth-order valence-electron chi connectivity index (χ4n) is 6.23. The molecule has 8 nitrogen and oxygen atoms in total. The Morgan fingerprint density at radius 2 is 1.82 bits per heavy atom. The molecule has 45 heavy (non-hydrogen) atoms. The van der Waals surface area contributed by atoms with Crippen molar-refractivity contribution in [1.82, 2.24) is 25.0 Å². The first kappa shape index (κ1) is 34.1. The van der Waals surface area contributed by atoms with Crippen LogP contribution in [0.5, 0.6) is 0 Å². The van der Waals surface area contributed by atoms with Gasteiger partial charge in [-0.3, -0.25) is 14.5 Å². The first-order chi connectivity index (χ1) is 21.4. The van der Waals surface area contributed by atoms with Crippen LogP contribution in [0, 0.1) is 12.8 Å². The van der Waals surface area contributed by atoms with Gasteiger partial charge >= 0.3 is 6.18 Å². The van der Waals surface area contributed by atoms with Gasteiger partial charge in [0.2, 0.25) is 0 Å². The first-order valence-corrected chi connectivity index (χ1v) is 15.4. The number of carbonyl (C=O) groups excluding carboxylic acids is 2. The van der Waals surface area contributed by atoms with Gasteiger partial charge in [-0.2, -0.15) is 13.2 Å². The number of carbonyl (C=O) groups is 2. The maximum atomic E-state index is 13.9. The van der Waals surface area contributed by atoms with Crippen molar-refractivity contribution < 1.29 is 22.8 Å².